The summed E-state index contributed by atoms with van der Waals surface area (Å²) in [7, 11) is 0. The molecule has 4 aromatic rings. The van der Waals surface area contributed by atoms with E-state index in [2.05, 4.69) is 25.0 Å². The summed E-state index contributed by atoms with van der Waals surface area (Å²) in [6, 6.07) is 12.6. The fourth-order valence-corrected chi connectivity index (χ4v) is 3.33. The van der Waals surface area contributed by atoms with E-state index >= 15 is 0 Å². The van der Waals surface area contributed by atoms with Crippen molar-refractivity contribution in [1.29, 1.82) is 0 Å². The number of nitrogens with zero attached hydrogens (tertiary/aromatic N) is 5. The lowest BCUT2D eigenvalue weighted by Gasteiger charge is -2.03. The van der Waals surface area contributed by atoms with E-state index in [0.717, 1.165) is 11.5 Å². The van der Waals surface area contributed by atoms with Crippen molar-refractivity contribution in [2.45, 2.75) is 6.92 Å². The molecule has 2 aromatic carbocycles. The molecule has 10 heteroatoms. The van der Waals surface area contributed by atoms with Crippen molar-refractivity contribution in [3.8, 4) is 17.2 Å². The zero-order valence-corrected chi connectivity index (χ0v) is 16.0. The summed E-state index contributed by atoms with van der Waals surface area (Å²) < 4.78 is 18.9. The molecule has 0 aliphatic carbocycles. The van der Waals surface area contributed by atoms with Crippen molar-refractivity contribution in [1.82, 2.24) is 24.4 Å². The van der Waals surface area contributed by atoms with Gasteiger partial charge in [0.05, 0.1) is 22.0 Å². The highest BCUT2D eigenvalue weighted by molar-refractivity contribution is 7.10. The van der Waals surface area contributed by atoms with E-state index in [1.165, 1.54) is 12.1 Å². The van der Waals surface area contributed by atoms with Crippen LogP contribution in [0.25, 0.3) is 17.2 Å². The number of carbonyl (C=O) groups is 1. The molecule has 0 radical (unpaired) electrons. The van der Waals surface area contributed by atoms with Crippen molar-refractivity contribution in [3.05, 3.63) is 70.6 Å². The van der Waals surface area contributed by atoms with Crippen LogP contribution in [0.4, 0.5) is 9.52 Å². The Kier molecular flexibility index (Phi) is 4.84. The summed E-state index contributed by atoms with van der Waals surface area (Å²) in [4.78, 5) is 16.7. The number of rotatable bonds is 4. The first-order valence-corrected chi connectivity index (χ1v) is 9.26. The van der Waals surface area contributed by atoms with Gasteiger partial charge in [-0.15, -0.1) is 5.10 Å². The van der Waals surface area contributed by atoms with Gasteiger partial charge in [0.2, 0.25) is 5.13 Å². The van der Waals surface area contributed by atoms with Gasteiger partial charge in [0.25, 0.3) is 5.91 Å². The third kappa shape index (κ3) is 3.49. The molecule has 7 nitrogen and oxygen atoms in total. The van der Waals surface area contributed by atoms with Gasteiger partial charge in [-0.1, -0.05) is 28.9 Å². The zero-order chi connectivity index (χ0) is 19.7. The second-order valence-electron chi connectivity index (χ2n) is 5.77. The van der Waals surface area contributed by atoms with Gasteiger partial charge in [0, 0.05) is 11.5 Å². The van der Waals surface area contributed by atoms with Crippen LogP contribution in [-0.4, -0.2) is 30.3 Å². The first-order chi connectivity index (χ1) is 13.5. The van der Waals surface area contributed by atoms with Crippen LogP contribution in [0.5, 0.6) is 0 Å². The Labute approximate surface area is 168 Å². The minimum atomic E-state index is -0.375. The SMILES string of the molecule is Cc1c(-c2nsc(NC(=O)c3ccccc3Cl)n2)nnn1-c1ccc(F)cc1. The predicted molar refractivity (Wildman–Crippen MR) is 104 cm³/mol. The minimum absolute atomic E-state index is 0.315. The molecule has 0 saturated heterocycles. The van der Waals surface area contributed by atoms with E-state index in [-0.39, 0.29) is 11.7 Å². The van der Waals surface area contributed by atoms with Gasteiger partial charge in [-0.3, -0.25) is 10.1 Å². The molecular formula is C18H12ClFN6OS. The topological polar surface area (TPSA) is 85.6 Å². The minimum Gasteiger partial charge on any atom is -0.297 e. The molecule has 0 spiro atoms. The van der Waals surface area contributed by atoms with E-state index in [1.54, 1.807) is 41.1 Å². The molecule has 0 saturated carbocycles. The van der Waals surface area contributed by atoms with Crippen molar-refractivity contribution < 1.29 is 9.18 Å². The molecule has 4 rings (SSSR count). The average Bonchev–Trinajstić information content (AvgIpc) is 3.29. The van der Waals surface area contributed by atoms with Crippen molar-refractivity contribution in [2.24, 2.45) is 0 Å². The lowest BCUT2D eigenvalue weighted by Crippen LogP contribution is -2.12. The third-order valence-electron chi connectivity index (χ3n) is 3.94. The van der Waals surface area contributed by atoms with Crippen LogP contribution in [0, 0.1) is 12.7 Å². The largest absolute Gasteiger partial charge is 0.297 e. The molecule has 0 fully saturated rings. The number of carbonyl (C=O) groups excluding carboxylic acids is 1. The quantitative estimate of drug-likeness (QED) is 0.542. The smallest absolute Gasteiger partial charge is 0.258 e. The van der Waals surface area contributed by atoms with E-state index in [9.17, 15) is 9.18 Å². The Balaban J connectivity index is 1.57. The van der Waals surface area contributed by atoms with Gasteiger partial charge in [-0.25, -0.2) is 9.07 Å². The number of halogens is 2. The molecule has 1 N–H and O–H groups in total. The molecule has 2 heterocycles. The summed E-state index contributed by atoms with van der Waals surface area (Å²) in [5.74, 6) is -0.368. The van der Waals surface area contributed by atoms with Crippen LogP contribution < -0.4 is 5.32 Å². The lowest BCUT2D eigenvalue weighted by atomic mass is 10.2. The van der Waals surface area contributed by atoms with Crippen LogP contribution in [-0.2, 0) is 0 Å². The van der Waals surface area contributed by atoms with E-state index in [0.29, 0.717) is 38.6 Å². The first-order valence-electron chi connectivity index (χ1n) is 8.11. The third-order valence-corrected chi connectivity index (χ3v) is 4.90. The highest BCUT2D eigenvalue weighted by Crippen LogP contribution is 2.24. The number of amides is 1. The number of anilines is 1. The molecule has 0 unspecified atom stereocenters. The van der Waals surface area contributed by atoms with E-state index in [4.69, 9.17) is 11.6 Å². The molecular weight excluding hydrogens is 403 g/mol. The molecule has 28 heavy (non-hydrogen) atoms. The Morgan fingerprint density at radius 3 is 2.68 bits per heavy atom. The predicted octanol–water partition coefficient (Wildman–Crippen LogP) is 4.14. The lowest BCUT2D eigenvalue weighted by molar-refractivity contribution is 0.102. The monoisotopic (exact) mass is 414 g/mol. The van der Waals surface area contributed by atoms with Gasteiger partial charge in [-0.05, 0) is 43.3 Å². The Bertz CT molecular complexity index is 1160. The van der Waals surface area contributed by atoms with E-state index in [1.807, 2.05) is 6.92 Å². The second kappa shape index (κ2) is 7.45. The Morgan fingerprint density at radius 1 is 1.18 bits per heavy atom. The molecule has 0 bridgehead atoms. The van der Waals surface area contributed by atoms with E-state index < -0.39 is 0 Å². The van der Waals surface area contributed by atoms with Crippen molar-refractivity contribution in [3.63, 3.8) is 0 Å². The number of aromatic nitrogens is 5. The zero-order valence-electron chi connectivity index (χ0n) is 14.4. The van der Waals surface area contributed by atoms with Crippen LogP contribution >= 0.6 is 23.1 Å². The molecule has 1 amide bonds. The number of nitrogens with one attached hydrogen (secondary N) is 1. The summed E-state index contributed by atoms with van der Waals surface area (Å²) in [6.07, 6.45) is 0. The standard InChI is InChI=1S/C18H12ClFN6OS/c1-10-15(23-25-26(10)12-8-6-11(20)7-9-12)16-21-18(28-24-16)22-17(27)13-4-2-3-5-14(13)19/h2-9H,1H3,(H,21,22,24,27). The van der Waals surface area contributed by atoms with Crippen LogP contribution in [0.3, 0.4) is 0 Å². The summed E-state index contributed by atoms with van der Waals surface area (Å²) in [6.45, 7) is 1.81. The maximum atomic E-state index is 13.1. The Hall–Kier alpha value is -3.17. The molecule has 140 valence electrons. The summed E-state index contributed by atoms with van der Waals surface area (Å²) in [5.41, 5.74) is 2.17. The average molecular weight is 415 g/mol. The Morgan fingerprint density at radius 2 is 1.93 bits per heavy atom. The van der Waals surface area contributed by atoms with Crippen LogP contribution in [0.2, 0.25) is 5.02 Å². The molecule has 2 aromatic heterocycles. The fraction of sp³-hybridized carbons (Fsp3) is 0.0556. The normalized spacial score (nSPS) is 10.8. The van der Waals surface area contributed by atoms with Crippen LogP contribution in [0.1, 0.15) is 16.1 Å². The van der Waals surface area contributed by atoms with Gasteiger partial charge < -0.3 is 0 Å². The first kappa shape index (κ1) is 18.2. The maximum Gasteiger partial charge on any atom is 0.258 e. The highest BCUT2D eigenvalue weighted by atomic mass is 35.5. The summed E-state index contributed by atoms with van der Waals surface area (Å²) in [5, 5.41) is 11.5. The fourth-order valence-electron chi connectivity index (χ4n) is 2.54. The van der Waals surface area contributed by atoms with Gasteiger partial charge in [0.1, 0.15) is 5.82 Å². The van der Waals surface area contributed by atoms with Gasteiger partial charge in [0.15, 0.2) is 11.5 Å². The maximum absolute atomic E-state index is 13.1. The van der Waals surface area contributed by atoms with Crippen molar-refractivity contribution in [2.75, 3.05) is 5.32 Å². The highest BCUT2D eigenvalue weighted by Gasteiger charge is 2.18. The van der Waals surface area contributed by atoms with Gasteiger partial charge >= 0.3 is 0 Å². The second-order valence-corrected chi connectivity index (χ2v) is 6.93. The van der Waals surface area contributed by atoms with Crippen LogP contribution in [0.15, 0.2) is 48.5 Å². The molecule has 0 atom stereocenters. The number of hydrogen-bond acceptors (Lipinski definition) is 6. The summed E-state index contributed by atoms with van der Waals surface area (Å²) >= 11 is 7.07. The van der Waals surface area contributed by atoms with Crippen molar-refractivity contribution >= 4 is 34.2 Å². The van der Waals surface area contributed by atoms with Gasteiger partial charge in [-0.2, -0.15) is 9.36 Å². The molecule has 0 aliphatic rings. The number of hydrogen-bond donors (Lipinski definition) is 1. The number of benzene rings is 2. The molecule has 0 aliphatic heterocycles.